The van der Waals surface area contributed by atoms with Crippen molar-refractivity contribution < 1.29 is 14.3 Å². The molecule has 0 bridgehead atoms. The summed E-state index contributed by atoms with van der Waals surface area (Å²) in [5, 5.41) is 0. The van der Waals surface area contributed by atoms with Gasteiger partial charge in [0.2, 0.25) is 0 Å². The number of benzene rings is 1. The fourth-order valence-corrected chi connectivity index (χ4v) is 7.75. The highest BCUT2D eigenvalue weighted by molar-refractivity contribution is 14.1. The molecule has 3 saturated carbocycles. The van der Waals surface area contributed by atoms with Crippen LogP contribution in [0.15, 0.2) is 35.9 Å². The van der Waals surface area contributed by atoms with Gasteiger partial charge in [0, 0.05) is 15.4 Å². The summed E-state index contributed by atoms with van der Waals surface area (Å²) in [6.07, 6.45) is 10.6. The molecule has 0 aliphatic heterocycles. The second-order valence-electron chi connectivity index (χ2n) is 10.5. The number of Topliss-reactive ketones (excluding diaryl/α,β-unsaturated/α-hetero) is 1. The Morgan fingerprint density at radius 2 is 1.97 bits per heavy atom. The highest BCUT2D eigenvalue weighted by Gasteiger charge is 2.57. The Kier molecular flexibility index (Phi) is 5.15. The van der Waals surface area contributed by atoms with Crippen LogP contribution in [-0.4, -0.2) is 17.9 Å². The number of ether oxygens (including phenoxy) is 1. The normalized spacial score (nSPS) is 40.1. The van der Waals surface area contributed by atoms with Gasteiger partial charge in [-0.2, -0.15) is 0 Å². The molecule has 0 heterocycles. The van der Waals surface area contributed by atoms with Crippen molar-refractivity contribution in [1.82, 2.24) is 0 Å². The SMILES string of the molecule is CC12CCC(OC(=O)c3cccc(I)c3)CC1CCC1C2=CCC2(C)C(=O)CCC12. The van der Waals surface area contributed by atoms with Gasteiger partial charge in [0.05, 0.1) is 5.56 Å². The predicted octanol–water partition coefficient (Wildman–Crippen LogP) is 6.35. The van der Waals surface area contributed by atoms with E-state index in [4.69, 9.17) is 4.74 Å². The third kappa shape index (κ3) is 3.20. The summed E-state index contributed by atoms with van der Waals surface area (Å²) >= 11 is 2.23. The lowest BCUT2D eigenvalue weighted by atomic mass is 9.49. The third-order valence-electron chi connectivity index (χ3n) is 9.02. The van der Waals surface area contributed by atoms with Crippen LogP contribution in [0.1, 0.15) is 75.6 Å². The van der Waals surface area contributed by atoms with E-state index < -0.39 is 0 Å². The van der Waals surface area contributed by atoms with Crippen molar-refractivity contribution in [3.8, 4) is 0 Å². The van der Waals surface area contributed by atoms with Crippen molar-refractivity contribution in [1.29, 1.82) is 0 Å². The molecule has 0 N–H and O–H groups in total. The molecule has 0 aromatic heterocycles. The fourth-order valence-electron chi connectivity index (χ4n) is 7.21. The van der Waals surface area contributed by atoms with E-state index in [1.807, 2.05) is 24.3 Å². The number of hydrogen-bond acceptors (Lipinski definition) is 3. The Labute approximate surface area is 193 Å². The van der Waals surface area contributed by atoms with E-state index >= 15 is 0 Å². The minimum absolute atomic E-state index is 0.0208. The first-order chi connectivity index (χ1) is 14.3. The maximum absolute atomic E-state index is 12.7. The molecule has 0 spiro atoms. The molecule has 1 aromatic rings. The Morgan fingerprint density at radius 1 is 1.13 bits per heavy atom. The molecule has 4 aliphatic carbocycles. The second-order valence-corrected chi connectivity index (χ2v) is 11.7. The minimum atomic E-state index is -0.187. The van der Waals surface area contributed by atoms with Gasteiger partial charge in [-0.15, -0.1) is 0 Å². The van der Waals surface area contributed by atoms with E-state index in [-0.39, 0.29) is 22.9 Å². The third-order valence-corrected chi connectivity index (χ3v) is 9.69. The molecule has 6 unspecified atom stereocenters. The van der Waals surface area contributed by atoms with E-state index in [2.05, 4.69) is 42.5 Å². The van der Waals surface area contributed by atoms with Crippen LogP contribution in [0.25, 0.3) is 0 Å². The van der Waals surface area contributed by atoms with Gasteiger partial charge in [0.15, 0.2) is 0 Å². The average molecular weight is 518 g/mol. The Hall–Kier alpha value is -1.17. The van der Waals surface area contributed by atoms with Gasteiger partial charge in [-0.25, -0.2) is 4.79 Å². The van der Waals surface area contributed by atoms with Gasteiger partial charge in [0.1, 0.15) is 11.9 Å². The topological polar surface area (TPSA) is 43.4 Å². The zero-order chi connectivity index (χ0) is 21.1. The average Bonchev–Trinajstić information content (AvgIpc) is 3.03. The highest BCUT2D eigenvalue weighted by atomic mass is 127. The smallest absolute Gasteiger partial charge is 0.338 e. The molecule has 0 amide bonds. The monoisotopic (exact) mass is 518 g/mol. The summed E-state index contributed by atoms with van der Waals surface area (Å²) in [6.45, 7) is 4.67. The van der Waals surface area contributed by atoms with Crippen molar-refractivity contribution in [2.45, 2.75) is 71.3 Å². The van der Waals surface area contributed by atoms with Crippen LogP contribution in [0.5, 0.6) is 0 Å². The molecule has 160 valence electrons. The van der Waals surface area contributed by atoms with Crippen LogP contribution in [0, 0.1) is 32.2 Å². The Morgan fingerprint density at radius 3 is 2.77 bits per heavy atom. The molecule has 3 nitrogen and oxygen atoms in total. The summed E-state index contributed by atoms with van der Waals surface area (Å²) in [4.78, 5) is 25.2. The first kappa shape index (κ1) is 20.7. The molecule has 30 heavy (non-hydrogen) atoms. The lowest BCUT2D eigenvalue weighted by Crippen LogP contribution is -2.49. The number of esters is 1. The first-order valence-corrected chi connectivity index (χ1v) is 12.6. The molecule has 3 fully saturated rings. The van der Waals surface area contributed by atoms with E-state index in [1.165, 1.54) is 12.8 Å². The molecule has 6 atom stereocenters. The highest BCUT2D eigenvalue weighted by Crippen LogP contribution is 2.63. The maximum atomic E-state index is 12.7. The molecular formula is C26H31IO3. The molecule has 1 aromatic carbocycles. The van der Waals surface area contributed by atoms with Crippen molar-refractivity contribution in [2.75, 3.05) is 0 Å². The van der Waals surface area contributed by atoms with Crippen LogP contribution in [0.2, 0.25) is 0 Å². The number of hydrogen-bond donors (Lipinski definition) is 0. The number of rotatable bonds is 2. The Balaban J connectivity index is 1.31. The lowest BCUT2D eigenvalue weighted by Gasteiger charge is -2.56. The van der Waals surface area contributed by atoms with E-state index in [0.29, 0.717) is 29.1 Å². The number of ketones is 1. The van der Waals surface area contributed by atoms with Gasteiger partial charge < -0.3 is 4.74 Å². The van der Waals surface area contributed by atoms with E-state index in [9.17, 15) is 9.59 Å². The number of carbonyl (C=O) groups excluding carboxylic acids is 2. The Bertz CT molecular complexity index is 921. The zero-order valence-electron chi connectivity index (χ0n) is 18.0. The number of fused-ring (bicyclic) bond motifs is 5. The van der Waals surface area contributed by atoms with Crippen LogP contribution < -0.4 is 0 Å². The summed E-state index contributed by atoms with van der Waals surface area (Å²) in [6, 6.07) is 7.64. The van der Waals surface area contributed by atoms with Crippen molar-refractivity contribution in [2.24, 2.45) is 28.6 Å². The van der Waals surface area contributed by atoms with E-state index in [0.717, 1.165) is 42.1 Å². The van der Waals surface area contributed by atoms with Crippen molar-refractivity contribution >= 4 is 34.3 Å². The molecule has 0 radical (unpaired) electrons. The van der Waals surface area contributed by atoms with Gasteiger partial charge >= 0.3 is 5.97 Å². The number of halogens is 1. The molecular weight excluding hydrogens is 487 g/mol. The predicted molar refractivity (Wildman–Crippen MR) is 125 cm³/mol. The maximum Gasteiger partial charge on any atom is 0.338 e. The largest absolute Gasteiger partial charge is 0.459 e. The quantitative estimate of drug-likeness (QED) is 0.261. The van der Waals surface area contributed by atoms with Crippen LogP contribution >= 0.6 is 22.6 Å². The molecule has 4 heteroatoms. The number of allylic oxidation sites excluding steroid dienone is 2. The molecule has 5 rings (SSSR count). The van der Waals surface area contributed by atoms with Gasteiger partial charge in [-0.3, -0.25) is 4.79 Å². The van der Waals surface area contributed by atoms with Crippen molar-refractivity contribution in [3.63, 3.8) is 0 Å². The summed E-state index contributed by atoms with van der Waals surface area (Å²) < 4.78 is 7.01. The molecule has 4 aliphatic rings. The summed E-state index contributed by atoms with van der Waals surface area (Å²) in [5.74, 6) is 2.00. The second kappa shape index (κ2) is 7.46. The van der Waals surface area contributed by atoms with E-state index in [1.54, 1.807) is 5.57 Å². The lowest BCUT2D eigenvalue weighted by molar-refractivity contribution is -0.127. The zero-order valence-corrected chi connectivity index (χ0v) is 20.1. The van der Waals surface area contributed by atoms with Crippen LogP contribution in [0.4, 0.5) is 0 Å². The van der Waals surface area contributed by atoms with Gasteiger partial charge in [-0.05, 0) is 109 Å². The van der Waals surface area contributed by atoms with Crippen LogP contribution in [0.3, 0.4) is 0 Å². The first-order valence-electron chi connectivity index (χ1n) is 11.5. The summed E-state index contributed by atoms with van der Waals surface area (Å²) in [5.41, 5.74) is 2.38. The number of carbonyl (C=O) groups is 2. The minimum Gasteiger partial charge on any atom is -0.459 e. The van der Waals surface area contributed by atoms with Crippen molar-refractivity contribution in [3.05, 3.63) is 45.0 Å². The van der Waals surface area contributed by atoms with Gasteiger partial charge in [-0.1, -0.05) is 31.6 Å². The van der Waals surface area contributed by atoms with Gasteiger partial charge in [0.25, 0.3) is 0 Å². The molecule has 0 saturated heterocycles. The summed E-state index contributed by atoms with van der Waals surface area (Å²) in [7, 11) is 0. The standard InChI is InChI=1S/C26H31IO3/c1-25-12-10-19(30-24(29)16-4-3-5-18(27)14-16)15-17(25)6-7-20-21-8-9-23(28)26(21,2)13-11-22(20)25/h3-5,11,14,17,19-21H,6-10,12-13,15H2,1-2H3. The fraction of sp³-hybridized carbons (Fsp3) is 0.615. The van der Waals surface area contributed by atoms with Crippen LogP contribution in [-0.2, 0) is 9.53 Å².